The van der Waals surface area contributed by atoms with Gasteiger partial charge in [-0.15, -0.1) is 22.9 Å². The third-order valence-corrected chi connectivity index (χ3v) is 3.94. The van der Waals surface area contributed by atoms with Crippen molar-refractivity contribution in [2.75, 3.05) is 0 Å². The van der Waals surface area contributed by atoms with Gasteiger partial charge in [0, 0.05) is 15.0 Å². The zero-order chi connectivity index (χ0) is 9.42. The second-order valence-corrected chi connectivity index (χ2v) is 4.44. The summed E-state index contributed by atoms with van der Waals surface area (Å²) in [7, 11) is 0. The van der Waals surface area contributed by atoms with Crippen molar-refractivity contribution in [3.05, 3.63) is 28.1 Å². The summed E-state index contributed by atoms with van der Waals surface area (Å²) < 4.78 is 1.05. The number of thiophene rings is 1. The van der Waals surface area contributed by atoms with Gasteiger partial charge in [0.2, 0.25) is 0 Å². The molecule has 1 heterocycles. The Bertz CT molecular complexity index is 450. The van der Waals surface area contributed by atoms with Gasteiger partial charge in [-0.25, -0.2) is 0 Å². The summed E-state index contributed by atoms with van der Waals surface area (Å²) in [6, 6.07) is 5.15. The van der Waals surface area contributed by atoms with Crippen LogP contribution >= 0.6 is 34.5 Å². The zero-order valence-electron chi connectivity index (χ0n) is 6.55. The second kappa shape index (κ2) is 3.37. The van der Waals surface area contributed by atoms with E-state index in [4.69, 9.17) is 23.2 Å². The first-order chi connectivity index (χ1) is 6.22. The van der Waals surface area contributed by atoms with Crippen LogP contribution < -0.4 is 0 Å². The fourth-order valence-electron chi connectivity index (χ4n) is 1.19. The van der Waals surface area contributed by atoms with Gasteiger partial charge in [-0.05, 0) is 18.2 Å². The average Bonchev–Trinajstić information content (AvgIpc) is 2.44. The summed E-state index contributed by atoms with van der Waals surface area (Å²) in [6.45, 7) is 0. The first kappa shape index (κ1) is 9.13. The van der Waals surface area contributed by atoms with Gasteiger partial charge in [-0.3, -0.25) is 0 Å². The molecule has 0 amide bonds. The number of rotatable bonds is 1. The molecule has 0 aliphatic carbocycles. The van der Waals surface area contributed by atoms with Crippen LogP contribution in [-0.2, 0) is 5.88 Å². The molecule has 0 bridgehead atoms. The highest BCUT2D eigenvalue weighted by molar-refractivity contribution is 7.20. The Morgan fingerprint density at radius 1 is 1.38 bits per heavy atom. The third kappa shape index (κ3) is 1.50. The molecule has 4 heteroatoms. The van der Waals surface area contributed by atoms with E-state index in [0.29, 0.717) is 10.9 Å². The van der Waals surface area contributed by atoms with Crippen LogP contribution in [0.25, 0.3) is 10.1 Å². The lowest BCUT2D eigenvalue weighted by Crippen LogP contribution is -1.68. The predicted octanol–water partition coefficient (Wildman–Crippen LogP) is 4.00. The van der Waals surface area contributed by atoms with Gasteiger partial charge in [0.05, 0.1) is 10.9 Å². The molecule has 1 aromatic heterocycles. The molecule has 0 radical (unpaired) electrons. The fraction of sp³-hybridized carbons (Fsp3) is 0.111. The highest BCUT2D eigenvalue weighted by Gasteiger charge is 2.09. The molecule has 0 spiro atoms. The maximum Gasteiger partial charge on any atom is 0.116 e. The van der Waals surface area contributed by atoms with Crippen molar-refractivity contribution in [3.8, 4) is 5.75 Å². The van der Waals surface area contributed by atoms with Crippen molar-refractivity contribution < 1.29 is 5.11 Å². The van der Waals surface area contributed by atoms with Crippen molar-refractivity contribution in [2.24, 2.45) is 0 Å². The molecule has 0 saturated heterocycles. The average molecular weight is 233 g/mol. The van der Waals surface area contributed by atoms with Gasteiger partial charge < -0.3 is 5.11 Å². The summed E-state index contributed by atoms with van der Waals surface area (Å²) >= 11 is 13.3. The summed E-state index contributed by atoms with van der Waals surface area (Å²) in [5.41, 5.74) is 0. The Hall–Kier alpha value is -0.440. The van der Waals surface area contributed by atoms with Crippen LogP contribution in [0.3, 0.4) is 0 Å². The topological polar surface area (TPSA) is 20.2 Å². The minimum absolute atomic E-state index is 0.230. The SMILES string of the molecule is Oc1ccc2sc(CCl)c(Cl)c2c1. The first-order valence-electron chi connectivity index (χ1n) is 3.68. The lowest BCUT2D eigenvalue weighted by molar-refractivity contribution is 0.476. The van der Waals surface area contributed by atoms with E-state index >= 15 is 0 Å². The van der Waals surface area contributed by atoms with Crippen molar-refractivity contribution in [2.45, 2.75) is 5.88 Å². The summed E-state index contributed by atoms with van der Waals surface area (Å²) in [5, 5.41) is 10.8. The van der Waals surface area contributed by atoms with Crippen LogP contribution in [0.15, 0.2) is 18.2 Å². The normalized spacial score (nSPS) is 10.9. The Morgan fingerprint density at radius 2 is 2.15 bits per heavy atom. The van der Waals surface area contributed by atoms with E-state index in [2.05, 4.69) is 0 Å². The van der Waals surface area contributed by atoms with Crippen LogP contribution in [0.1, 0.15) is 4.88 Å². The number of alkyl halides is 1. The third-order valence-electron chi connectivity index (χ3n) is 1.80. The maximum atomic E-state index is 9.25. The van der Waals surface area contributed by atoms with E-state index in [1.807, 2.05) is 6.07 Å². The van der Waals surface area contributed by atoms with Gasteiger partial charge in [0.15, 0.2) is 0 Å². The van der Waals surface area contributed by atoms with Gasteiger partial charge in [-0.1, -0.05) is 11.6 Å². The quantitative estimate of drug-likeness (QED) is 0.738. The number of phenolic OH excluding ortho intramolecular Hbond substituents is 1. The molecule has 1 nitrogen and oxygen atoms in total. The van der Waals surface area contributed by atoms with Crippen molar-refractivity contribution in [1.29, 1.82) is 0 Å². The lowest BCUT2D eigenvalue weighted by Gasteiger charge is -1.91. The highest BCUT2D eigenvalue weighted by Crippen LogP contribution is 2.37. The molecule has 1 aromatic carbocycles. The van der Waals surface area contributed by atoms with E-state index in [1.54, 1.807) is 23.5 Å². The van der Waals surface area contributed by atoms with Crippen LogP contribution in [0, 0.1) is 0 Å². The summed E-state index contributed by atoms with van der Waals surface area (Å²) in [5.74, 6) is 0.646. The van der Waals surface area contributed by atoms with Crippen LogP contribution in [0.4, 0.5) is 0 Å². The molecule has 2 rings (SSSR count). The second-order valence-electron chi connectivity index (χ2n) is 2.65. The fourth-order valence-corrected chi connectivity index (χ4v) is 2.88. The molecular weight excluding hydrogens is 227 g/mol. The van der Waals surface area contributed by atoms with E-state index in [1.165, 1.54) is 0 Å². The van der Waals surface area contributed by atoms with Crippen LogP contribution in [-0.4, -0.2) is 5.11 Å². The van der Waals surface area contributed by atoms with E-state index < -0.39 is 0 Å². The van der Waals surface area contributed by atoms with Gasteiger partial charge >= 0.3 is 0 Å². The van der Waals surface area contributed by atoms with Gasteiger partial charge in [0.25, 0.3) is 0 Å². The number of phenols is 1. The Morgan fingerprint density at radius 3 is 2.85 bits per heavy atom. The minimum Gasteiger partial charge on any atom is -0.508 e. The Labute approximate surface area is 89.5 Å². The summed E-state index contributed by atoms with van der Waals surface area (Å²) in [6.07, 6.45) is 0. The molecule has 0 aliphatic rings. The molecular formula is C9H6Cl2OS. The van der Waals surface area contributed by atoms with Crippen LogP contribution in [0.5, 0.6) is 5.75 Å². The number of aromatic hydroxyl groups is 1. The van der Waals surface area contributed by atoms with Gasteiger partial charge in [-0.2, -0.15) is 0 Å². The molecule has 68 valence electrons. The lowest BCUT2D eigenvalue weighted by atomic mass is 10.2. The molecule has 0 atom stereocenters. The van der Waals surface area contributed by atoms with Crippen LogP contribution in [0.2, 0.25) is 5.02 Å². The number of hydrogen-bond acceptors (Lipinski definition) is 2. The van der Waals surface area contributed by atoms with Gasteiger partial charge in [0.1, 0.15) is 5.75 Å². The monoisotopic (exact) mass is 232 g/mol. The molecule has 2 aromatic rings. The van der Waals surface area contributed by atoms with E-state index in [0.717, 1.165) is 15.0 Å². The highest BCUT2D eigenvalue weighted by atomic mass is 35.5. The first-order valence-corrected chi connectivity index (χ1v) is 5.41. The standard InChI is InChI=1S/C9H6Cl2OS/c10-4-8-9(11)6-3-5(12)1-2-7(6)13-8/h1-3,12H,4H2. The van der Waals surface area contributed by atoms with E-state index in [-0.39, 0.29) is 5.75 Å². The smallest absolute Gasteiger partial charge is 0.116 e. The number of halogens is 2. The van der Waals surface area contributed by atoms with Crippen molar-refractivity contribution >= 4 is 44.6 Å². The predicted molar refractivity (Wildman–Crippen MR) is 58.1 cm³/mol. The molecule has 0 fully saturated rings. The zero-order valence-corrected chi connectivity index (χ0v) is 8.88. The molecule has 0 saturated carbocycles. The Kier molecular flexibility index (Phi) is 2.37. The molecule has 1 N–H and O–H groups in total. The largest absolute Gasteiger partial charge is 0.508 e. The minimum atomic E-state index is 0.230. The van der Waals surface area contributed by atoms with Crippen molar-refractivity contribution in [1.82, 2.24) is 0 Å². The number of fused-ring (bicyclic) bond motifs is 1. The van der Waals surface area contributed by atoms with E-state index in [9.17, 15) is 5.11 Å². The number of benzene rings is 1. The summed E-state index contributed by atoms with van der Waals surface area (Å²) in [4.78, 5) is 0.948. The maximum absolute atomic E-state index is 9.25. The molecule has 0 aliphatic heterocycles. The Balaban J connectivity index is 2.77. The molecule has 13 heavy (non-hydrogen) atoms. The van der Waals surface area contributed by atoms with Crippen molar-refractivity contribution in [3.63, 3.8) is 0 Å². The number of hydrogen-bond donors (Lipinski definition) is 1. The molecule has 0 unspecified atom stereocenters.